The van der Waals surface area contributed by atoms with Crippen LogP contribution in [0.3, 0.4) is 0 Å². The van der Waals surface area contributed by atoms with Crippen molar-refractivity contribution in [2.75, 3.05) is 33.4 Å². The van der Waals surface area contributed by atoms with Crippen LogP contribution in [0, 0.1) is 31.4 Å². The number of likely N-dealkylation sites (tertiary alicyclic amines) is 1. The van der Waals surface area contributed by atoms with E-state index in [1.165, 1.54) is 28.3 Å². The zero-order valence-corrected chi connectivity index (χ0v) is 29.1. The van der Waals surface area contributed by atoms with Crippen molar-refractivity contribution in [2.45, 2.75) is 101 Å². The Morgan fingerprint density at radius 3 is 2.38 bits per heavy atom. The van der Waals surface area contributed by atoms with Crippen molar-refractivity contribution in [3.63, 3.8) is 0 Å². The third kappa shape index (κ3) is 5.67. The lowest BCUT2D eigenvalue weighted by Crippen LogP contribution is -2.48. The molecule has 7 rings (SSSR count). The zero-order valence-electron chi connectivity index (χ0n) is 29.1. The topological polar surface area (TPSA) is 72.7 Å². The number of benzene rings is 2. The molecule has 1 spiro atoms. The van der Waals surface area contributed by atoms with E-state index in [1.54, 1.807) is 12.4 Å². The fraction of sp³-hybridized carbons (Fsp3) is 0.605. The first-order chi connectivity index (χ1) is 22.9. The molecule has 2 aromatic carbocycles. The van der Waals surface area contributed by atoms with Crippen LogP contribution in [0.5, 0.6) is 0 Å². The van der Waals surface area contributed by atoms with E-state index in [4.69, 9.17) is 9.47 Å². The highest BCUT2D eigenvalue weighted by Gasteiger charge is 2.54. The summed E-state index contributed by atoms with van der Waals surface area (Å²) in [7, 11) is 4.05. The number of fused-ring (bicyclic) bond motifs is 2. The second-order valence-electron chi connectivity index (χ2n) is 15.3. The lowest BCUT2D eigenvalue weighted by atomic mass is 9.77. The monoisotopic (exact) mass is 661 g/mol. The molecular formula is C38H49F2N5O3. The van der Waals surface area contributed by atoms with Gasteiger partial charge in [-0.3, -0.25) is 9.48 Å². The summed E-state index contributed by atoms with van der Waals surface area (Å²) in [5.74, 6) is -0.930. The number of halogens is 2. The first kappa shape index (κ1) is 33.3. The van der Waals surface area contributed by atoms with Gasteiger partial charge in [-0.25, -0.2) is 13.8 Å². The van der Waals surface area contributed by atoms with E-state index in [2.05, 4.69) is 61.9 Å². The lowest BCUT2D eigenvalue weighted by Gasteiger charge is -2.42. The average molecular weight is 662 g/mol. The molecule has 10 heteroatoms. The van der Waals surface area contributed by atoms with E-state index in [0.29, 0.717) is 50.4 Å². The molecule has 3 aliphatic heterocycles. The van der Waals surface area contributed by atoms with Crippen molar-refractivity contribution in [3.8, 4) is 0 Å². The van der Waals surface area contributed by atoms with Crippen LogP contribution >= 0.6 is 0 Å². The van der Waals surface area contributed by atoms with Crippen molar-refractivity contribution in [2.24, 2.45) is 13.0 Å². The number of aryl methyl sites for hydroxylation is 3. The van der Waals surface area contributed by atoms with Gasteiger partial charge in [-0.2, -0.15) is 5.10 Å². The number of nitrogens with zero attached hydrogens (tertiary/aromatic N) is 5. The highest BCUT2D eigenvalue weighted by atomic mass is 19.1. The van der Waals surface area contributed by atoms with E-state index in [9.17, 15) is 9.18 Å². The predicted octanol–water partition coefficient (Wildman–Crippen LogP) is 6.25. The normalized spacial score (nSPS) is 26.1. The Morgan fingerprint density at radius 2 is 1.71 bits per heavy atom. The summed E-state index contributed by atoms with van der Waals surface area (Å²) in [6, 6.07) is 8.88. The number of carbonyl (C=O) groups is 1. The Labute approximate surface area is 282 Å². The van der Waals surface area contributed by atoms with Gasteiger partial charge < -0.3 is 19.3 Å². The van der Waals surface area contributed by atoms with Gasteiger partial charge in [0.15, 0.2) is 0 Å². The molecule has 1 unspecified atom stereocenters. The number of ether oxygens (including phenoxy) is 2. The molecule has 1 saturated carbocycles. The maximum absolute atomic E-state index is 15.3. The van der Waals surface area contributed by atoms with Gasteiger partial charge in [0.25, 0.3) is 0 Å². The van der Waals surface area contributed by atoms with E-state index < -0.39 is 22.7 Å². The van der Waals surface area contributed by atoms with E-state index in [-0.39, 0.29) is 29.9 Å². The van der Waals surface area contributed by atoms with Gasteiger partial charge in [0, 0.05) is 57.4 Å². The van der Waals surface area contributed by atoms with Gasteiger partial charge in [-0.05, 0) is 113 Å². The van der Waals surface area contributed by atoms with Crippen LogP contribution in [0.2, 0.25) is 0 Å². The molecule has 1 aromatic heterocycles. The maximum atomic E-state index is 15.3. The first-order valence-electron chi connectivity index (χ1n) is 17.6. The molecule has 0 N–H and O–H groups in total. The summed E-state index contributed by atoms with van der Waals surface area (Å²) in [6.07, 6.45) is 5.93. The van der Waals surface area contributed by atoms with Gasteiger partial charge in [0.2, 0.25) is 5.91 Å². The van der Waals surface area contributed by atoms with Crippen molar-refractivity contribution >= 4 is 5.91 Å². The van der Waals surface area contributed by atoms with E-state index >= 15 is 4.39 Å². The van der Waals surface area contributed by atoms with Gasteiger partial charge in [-0.15, -0.1) is 0 Å². The molecule has 1 amide bonds. The molecule has 1 aliphatic carbocycles. The fourth-order valence-corrected chi connectivity index (χ4v) is 9.20. The summed E-state index contributed by atoms with van der Waals surface area (Å²) in [6.45, 7) is 11.2. The van der Waals surface area contributed by atoms with Gasteiger partial charge in [-0.1, -0.05) is 18.2 Å². The van der Waals surface area contributed by atoms with Crippen molar-refractivity contribution in [1.82, 2.24) is 24.6 Å². The van der Waals surface area contributed by atoms with Crippen molar-refractivity contribution in [3.05, 3.63) is 81.9 Å². The number of amides is 1. The number of piperidine rings is 1. The smallest absolute Gasteiger partial charge is 0.226 e. The Morgan fingerprint density at radius 1 is 1.00 bits per heavy atom. The molecular weight excluding hydrogens is 612 g/mol. The van der Waals surface area contributed by atoms with Crippen LogP contribution in [0.1, 0.15) is 98.0 Å². The number of carbonyl (C=O) groups excluding carboxylic acids is 1. The van der Waals surface area contributed by atoms with Crippen LogP contribution in [0.25, 0.3) is 0 Å². The Bertz CT molecular complexity index is 1680. The SMILES string of the molecule is Cc1cc2c(cc1C)C1(CCN(C(=O)C3C[C@H](N(C)C4CCOCC4)C[C@H]3c3ccc(F)cc3F)CC1)O[C@@H]2C(C)(C)c1ncnn1C. The third-order valence-electron chi connectivity index (χ3n) is 12.2. The average Bonchev–Trinajstić information content (AvgIpc) is 3.79. The lowest BCUT2D eigenvalue weighted by molar-refractivity contribution is -0.151. The van der Waals surface area contributed by atoms with E-state index in [1.807, 2.05) is 16.6 Å². The van der Waals surface area contributed by atoms with Crippen LogP contribution < -0.4 is 0 Å². The van der Waals surface area contributed by atoms with E-state index in [0.717, 1.165) is 37.9 Å². The highest BCUT2D eigenvalue weighted by molar-refractivity contribution is 5.80. The molecule has 3 fully saturated rings. The molecule has 48 heavy (non-hydrogen) atoms. The molecule has 4 aliphatic rings. The van der Waals surface area contributed by atoms with Gasteiger partial charge in [0.05, 0.1) is 17.1 Å². The maximum Gasteiger partial charge on any atom is 0.226 e. The molecule has 3 aromatic rings. The van der Waals surface area contributed by atoms with Crippen molar-refractivity contribution < 1.29 is 23.0 Å². The first-order valence-corrected chi connectivity index (χ1v) is 17.6. The summed E-state index contributed by atoms with van der Waals surface area (Å²) in [4.78, 5) is 23.5. The third-order valence-corrected chi connectivity index (χ3v) is 12.2. The molecule has 2 saturated heterocycles. The molecule has 258 valence electrons. The molecule has 0 radical (unpaired) electrons. The number of aromatic nitrogens is 3. The van der Waals surface area contributed by atoms with Crippen LogP contribution in [-0.4, -0.2) is 75.9 Å². The molecule has 8 nitrogen and oxygen atoms in total. The number of rotatable bonds is 6. The Kier molecular flexibility index (Phi) is 8.74. The largest absolute Gasteiger partial charge is 0.381 e. The summed E-state index contributed by atoms with van der Waals surface area (Å²) >= 11 is 0. The fourth-order valence-electron chi connectivity index (χ4n) is 9.20. The summed E-state index contributed by atoms with van der Waals surface area (Å²) in [5.41, 5.74) is 4.33. The predicted molar refractivity (Wildman–Crippen MR) is 178 cm³/mol. The minimum Gasteiger partial charge on any atom is -0.381 e. The Balaban J connectivity index is 1.14. The van der Waals surface area contributed by atoms with Gasteiger partial charge >= 0.3 is 0 Å². The van der Waals surface area contributed by atoms with Crippen LogP contribution in [-0.2, 0) is 32.3 Å². The molecule has 4 atom stereocenters. The Hall–Kier alpha value is -3.21. The second kappa shape index (κ2) is 12.6. The number of hydrogen-bond donors (Lipinski definition) is 0. The standard InChI is InChI=1S/C38H49F2N5O3/c1-23-17-31-32(18-24(23)2)38(48-34(31)37(3,4)36-41-22-42-44(36)6)11-13-45(14-12-38)35(46)30-21-27(43(5)26-9-15-47-16-10-26)20-29(30)28-8-7-25(39)19-33(28)40/h7-8,17-19,22,26-27,29-30,34H,9-16,20-21H2,1-6H3/t27-,29+,30?,34+/m1/s1. The highest BCUT2D eigenvalue weighted by Crippen LogP contribution is 2.56. The second-order valence-corrected chi connectivity index (χ2v) is 15.3. The number of hydrogen-bond acceptors (Lipinski definition) is 6. The molecule has 0 bridgehead atoms. The zero-order chi connectivity index (χ0) is 34.0. The summed E-state index contributed by atoms with van der Waals surface area (Å²) in [5, 5.41) is 4.35. The van der Waals surface area contributed by atoms with Crippen LogP contribution in [0.4, 0.5) is 8.78 Å². The quantitative estimate of drug-likeness (QED) is 0.311. The summed E-state index contributed by atoms with van der Waals surface area (Å²) < 4.78 is 43.9. The van der Waals surface area contributed by atoms with Gasteiger partial charge in [0.1, 0.15) is 23.8 Å². The van der Waals surface area contributed by atoms with Crippen molar-refractivity contribution in [1.29, 1.82) is 0 Å². The minimum absolute atomic E-state index is 0.0655. The van der Waals surface area contributed by atoms with Crippen LogP contribution in [0.15, 0.2) is 36.7 Å². The minimum atomic E-state index is -0.600. The molecule has 4 heterocycles.